The minimum absolute atomic E-state index is 0.237. The second-order valence-electron chi connectivity index (χ2n) is 8.08. The first-order valence-corrected chi connectivity index (χ1v) is 9.98. The number of rotatable bonds is 4. The lowest BCUT2D eigenvalue weighted by molar-refractivity contribution is 0.0210. The van der Waals surface area contributed by atoms with Gasteiger partial charge in [0.05, 0.1) is 11.2 Å². The van der Waals surface area contributed by atoms with Gasteiger partial charge < -0.3 is 20.3 Å². The third-order valence-corrected chi connectivity index (χ3v) is 4.83. The lowest BCUT2D eigenvalue weighted by Gasteiger charge is -2.34. The van der Waals surface area contributed by atoms with Crippen LogP contribution in [0.4, 0.5) is 10.5 Å². The summed E-state index contributed by atoms with van der Waals surface area (Å²) in [6, 6.07) is 3.86. The third kappa shape index (κ3) is 5.02. The maximum atomic E-state index is 12.3. The number of carbonyl (C=O) groups excluding carboxylic acids is 1. The highest BCUT2D eigenvalue weighted by Crippen LogP contribution is 2.28. The summed E-state index contributed by atoms with van der Waals surface area (Å²) in [6.07, 6.45) is 3.29. The van der Waals surface area contributed by atoms with E-state index in [2.05, 4.69) is 20.6 Å². The number of piperidine rings is 1. The van der Waals surface area contributed by atoms with Crippen molar-refractivity contribution in [1.82, 2.24) is 20.2 Å². The summed E-state index contributed by atoms with van der Waals surface area (Å²) < 4.78 is 5.48. The lowest BCUT2D eigenvalue weighted by atomic mass is 10.0. The average molecular weight is 406 g/mol. The van der Waals surface area contributed by atoms with Gasteiger partial charge in [-0.3, -0.25) is 4.98 Å². The van der Waals surface area contributed by atoms with Gasteiger partial charge in [-0.1, -0.05) is 11.6 Å². The number of hydrogen-bond acceptors (Lipinski definition) is 6. The normalized spacial score (nSPS) is 15.7. The first kappa shape index (κ1) is 20.6. The Morgan fingerprint density at radius 1 is 1.32 bits per heavy atom. The second kappa shape index (κ2) is 8.49. The summed E-state index contributed by atoms with van der Waals surface area (Å²) in [6.45, 7) is 7.64. The van der Waals surface area contributed by atoms with Gasteiger partial charge in [0.25, 0.3) is 0 Å². The number of nitrogens with one attached hydrogen (secondary N) is 2. The van der Waals surface area contributed by atoms with Crippen molar-refractivity contribution in [2.45, 2.75) is 51.8 Å². The SMILES string of the molecule is CNCc1cnc2ccc(Cl)nc2c1NC1CCN(C(=O)OC(C)(C)C)CC1. The van der Waals surface area contributed by atoms with Gasteiger partial charge in [0.1, 0.15) is 16.3 Å². The Bertz CT molecular complexity index is 844. The van der Waals surface area contributed by atoms with Crippen molar-refractivity contribution >= 4 is 34.4 Å². The number of carbonyl (C=O) groups is 1. The van der Waals surface area contributed by atoms with Crippen LogP contribution in [-0.4, -0.2) is 52.7 Å². The quantitative estimate of drug-likeness (QED) is 0.753. The van der Waals surface area contributed by atoms with E-state index in [-0.39, 0.29) is 12.1 Å². The number of hydrogen-bond donors (Lipinski definition) is 2. The first-order chi connectivity index (χ1) is 13.3. The number of pyridine rings is 2. The molecule has 0 radical (unpaired) electrons. The van der Waals surface area contributed by atoms with Gasteiger partial charge >= 0.3 is 6.09 Å². The fourth-order valence-electron chi connectivity index (χ4n) is 3.30. The van der Waals surface area contributed by atoms with Gasteiger partial charge in [0.2, 0.25) is 0 Å². The Labute approximate surface area is 170 Å². The lowest BCUT2D eigenvalue weighted by Crippen LogP contribution is -2.44. The van der Waals surface area contributed by atoms with E-state index in [9.17, 15) is 4.79 Å². The van der Waals surface area contributed by atoms with Gasteiger partial charge in [-0.05, 0) is 52.8 Å². The smallest absolute Gasteiger partial charge is 0.410 e. The molecule has 3 heterocycles. The van der Waals surface area contributed by atoms with Crippen molar-refractivity contribution in [3.63, 3.8) is 0 Å². The molecule has 8 heteroatoms. The van der Waals surface area contributed by atoms with Crippen LogP contribution in [0.3, 0.4) is 0 Å². The van der Waals surface area contributed by atoms with Gasteiger partial charge in [-0.15, -0.1) is 0 Å². The maximum Gasteiger partial charge on any atom is 0.410 e. The van der Waals surface area contributed by atoms with E-state index in [4.69, 9.17) is 16.3 Å². The highest BCUT2D eigenvalue weighted by molar-refractivity contribution is 6.29. The molecule has 2 aromatic rings. The van der Waals surface area contributed by atoms with E-state index in [1.165, 1.54) is 0 Å². The van der Waals surface area contributed by atoms with E-state index < -0.39 is 5.60 Å². The largest absolute Gasteiger partial charge is 0.444 e. The molecule has 1 aliphatic heterocycles. The summed E-state index contributed by atoms with van der Waals surface area (Å²) in [4.78, 5) is 23.0. The van der Waals surface area contributed by atoms with Crippen LogP contribution in [0.1, 0.15) is 39.2 Å². The Kier molecular flexibility index (Phi) is 6.25. The second-order valence-corrected chi connectivity index (χ2v) is 8.46. The molecule has 7 nitrogen and oxygen atoms in total. The molecule has 1 amide bonds. The number of anilines is 1. The average Bonchev–Trinajstić information content (AvgIpc) is 2.63. The number of amides is 1. The van der Waals surface area contributed by atoms with Crippen molar-refractivity contribution in [2.24, 2.45) is 0 Å². The molecular weight excluding hydrogens is 378 g/mol. The molecule has 1 saturated heterocycles. The van der Waals surface area contributed by atoms with Crippen molar-refractivity contribution in [3.8, 4) is 0 Å². The predicted molar refractivity (Wildman–Crippen MR) is 112 cm³/mol. The molecule has 2 aromatic heterocycles. The summed E-state index contributed by atoms with van der Waals surface area (Å²) in [5, 5.41) is 7.25. The van der Waals surface area contributed by atoms with Crippen molar-refractivity contribution in [2.75, 3.05) is 25.5 Å². The first-order valence-electron chi connectivity index (χ1n) is 9.60. The van der Waals surface area contributed by atoms with Crippen LogP contribution in [0.15, 0.2) is 18.3 Å². The van der Waals surface area contributed by atoms with Crippen LogP contribution in [0.2, 0.25) is 5.15 Å². The predicted octanol–water partition coefficient (Wildman–Crippen LogP) is 3.81. The fourth-order valence-corrected chi connectivity index (χ4v) is 3.45. The molecule has 1 fully saturated rings. The Balaban J connectivity index is 1.74. The van der Waals surface area contributed by atoms with Crippen molar-refractivity contribution in [3.05, 3.63) is 29.0 Å². The highest BCUT2D eigenvalue weighted by atomic mass is 35.5. The van der Waals surface area contributed by atoms with Crippen LogP contribution >= 0.6 is 11.6 Å². The number of aromatic nitrogens is 2. The molecule has 0 atom stereocenters. The number of ether oxygens (including phenoxy) is 1. The molecule has 1 aliphatic rings. The van der Waals surface area contributed by atoms with E-state index in [0.29, 0.717) is 24.8 Å². The van der Waals surface area contributed by atoms with Gasteiger partial charge in [-0.25, -0.2) is 9.78 Å². The standard InChI is InChI=1S/C20H28ClN5O2/c1-20(2,3)28-19(27)26-9-7-14(8-10-26)24-17-13(11-22-4)12-23-15-5-6-16(21)25-18(15)17/h5-6,12,14,22H,7-11H2,1-4H3,(H,23,24). The zero-order valence-electron chi connectivity index (χ0n) is 16.9. The topological polar surface area (TPSA) is 79.4 Å². The minimum Gasteiger partial charge on any atom is -0.444 e. The van der Waals surface area contributed by atoms with E-state index in [1.807, 2.05) is 40.1 Å². The number of likely N-dealkylation sites (tertiary alicyclic amines) is 1. The third-order valence-electron chi connectivity index (χ3n) is 4.62. The number of fused-ring (bicyclic) bond motifs is 1. The maximum absolute atomic E-state index is 12.3. The molecule has 28 heavy (non-hydrogen) atoms. The number of halogens is 1. The van der Waals surface area contributed by atoms with Gasteiger partial charge in [-0.2, -0.15) is 0 Å². The molecule has 0 saturated carbocycles. The monoisotopic (exact) mass is 405 g/mol. The molecule has 0 unspecified atom stereocenters. The zero-order valence-corrected chi connectivity index (χ0v) is 17.6. The summed E-state index contributed by atoms with van der Waals surface area (Å²) in [5.74, 6) is 0. The molecule has 3 rings (SSSR count). The van der Waals surface area contributed by atoms with Crippen LogP contribution in [0, 0.1) is 0 Å². The molecule has 0 aliphatic carbocycles. The Hall–Kier alpha value is -2.12. The van der Waals surface area contributed by atoms with Gasteiger partial charge in [0.15, 0.2) is 0 Å². The van der Waals surface area contributed by atoms with Crippen LogP contribution < -0.4 is 10.6 Å². The summed E-state index contributed by atoms with van der Waals surface area (Å²) in [5.41, 5.74) is 3.10. The molecule has 152 valence electrons. The minimum atomic E-state index is -0.477. The molecule has 0 aromatic carbocycles. The van der Waals surface area contributed by atoms with Gasteiger partial charge in [0, 0.05) is 37.4 Å². The van der Waals surface area contributed by atoms with E-state index in [1.54, 1.807) is 11.0 Å². The highest BCUT2D eigenvalue weighted by Gasteiger charge is 2.27. The van der Waals surface area contributed by atoms with E-state index >= 15 is 0 Å². The van der Waals surface area contributed by atoms with E-state index in [0.717, 1.165) is 35.1 Å². The Morgan fingerprint density at radius 3 is 2.68 bits per heavy atom. The summed E-state index contributed by atoms with van der Waals surface area (Å²) in [7, 11) is 1.90. The summed E-state index contributed by atoms with van der Waals surface area (Å²) >= 11 is 6.13. The van der Waals surface area contributed by atoms with Crippen molar-refractivity contribution < 1.29 is 9.53 Å². The van der Waals surface area contributed by atoms with Crippen LogP contribution in [0.5, 0.6) is 0 Å². The van der Waals surface area contributed by atoms with Crippen LogP contribution in [-0.2, 0) is 11.3 Å². The van der Waals surface area contributed by atoms with Crippen molar-refractivity contribution in [1.29, 1.82) is 0 Å². The molecule has 0 spiro atoms. The van der Waals surface area contributed by atoms with Crippen LogP contribution in [0.25, 0.3) is 11.0 Å². The molecular formula is C20H28ClN5O2. The zero-order chi connectivity index (χ0) is 20.3. The molecule has 0 bridgehead atoms. The molecule has 2 N–H and O–H groups in total. The Morgan fingerprint density at radius 2 is 2.04 bits per heavy atom. The fraction of sp³-hybridized carbons (Fsp3) is 0.550. The number of nitrogens with zero attached hydrogens (tertiary/aromatic N) is 3.